The Bertz CT molecular complexity index is 3650. The van der Waals surface area contributed by atoms with Crippen LogP contribution in [0.2, 0.25) is 0 Å². The molecular formula is C50H32O. The number of rotatable bonds is 5. The van der Waals surface area contributed by atoms with Crippen LogP contribution in [-0.2, 0) is 0 Å². The maximum absolute atomic E-state index is 9.54. The maximum Gasteiger partial charge on any atom is 0.136 e. The lowest BCUT2D eigenvalue weighted by Gasteiger charge is -2.20. The average Bonchev–Trinajstić information content (AvgIpc) is 3.73. The Balaban J connectivity index is 1.31. The first kappa shape index (κ1) is 17.8. The molecule has 0 amide bonds. The van der Waals surface area contributed by atoms with Gasteiger partial charge in [0.25, 0.3) is 0 Å². The Labute approximate surface area is 317 Å². The van der Waals surface area contributed by atoms with Crippen LogP contribution >= 0.6 is 0 Å². The molecule has 0 unspecified atom stereocenters. The highest BCUT2D eigenvalue weighted by Crippen LogP contribution is 2.48. The van der Waals surface area contributed by atoms with Gasteiger partial charge in [-0.15, -0.1) is 0 Å². The minimum Gasteiger partial charge on any atom is -0.456 e. The Kier molecular flexibility index (Phi) is 4.19. The Morgan fingerprint density at radius 2 is 0.882 bits per heavy atom. The van der Waals surface area contributed by atoms with E-state index in [0.717, 1.165) is 0 Å². The SMILES string of the molecule is [2H]c1c([2H])c([2H])c(-c2c([2H])c([2H])c3c(oc4c([2H])c([2H])c([2H])c(-c5c6ccccc6c(-c6ccccc6-c6c([2H])c([2H])c(-c7ccccc7)c([2H])c6[2H])c6ccccc56)c43)c2[2H])c([2H])c1[2H]. The van der Waals surface area contributed by atoms with E-state index in [2.05, 4.69) is 0 Å². The molecule has 10 aromatic rings. The van der Waals surface area contributed by atoms with Crippen LogP contribution in [0.3, 0.4) is 0 Å². The summed E-state index contributed by atoms with van der Waals surface area (Å²) in [4.78, 5) is 0. The third-order valence-electron chi connectivity index (χ3n) is 9.16. The van der Waals surface area contributed by atoms with Crippen LogP contribution in [0.25, 0.3) is 99.1 Å². The van der Waals surface area contributed by atoms with Crippen molar-refractivity contribution in [3.63, 3.8) is 0 Å². The summed E-state index contributed by atoms with van der Waals surface area (Å²) in [5.41, 5.74) is 1.54. The molecule has 1 heteroatoms. The van der Waals surface area contributed by atoms with Crippen molar-refractivity contribution in [2.24, 2.45) is 0 Å². The van der Waals surface area contributed by atoms with Crippen LogP contribution in [0, 0.1) is 0 Å². The molecule has 10 rings (SSSR count). The molecule has 0 atom stereocenters. The Hall–Kier alpha value is -6.70. The van der Waals surface area contributed by atoms with Gasteiger partial charge in [-0.3, -0.25) is 0 Å². The molecule has 0 saturated carbocycles. The van der Waals surface area contributed by atoms with Crippen LogP contribution in [-0.4, -0.2) is 0 Å². The second-order valence-electron chi connectivity index (χ2n) is 12.0. The van der Waals surface area contributed by atoms with E-state index in [1.54, 1.807) is 48.5 Å². The quantitative estimate of drug-likeness (QED) is 0.167. The largest absolute Gasteiger partial charge is 0.456 e. The lowest BCUT2D eigenvalue weighted by atomic mass is 9.83. The highest BCUT2D eigenvalue weighted by molar-refractivity contribution is 6.26. The lowest BCUT2D eigenvalue weighted by Crippen LogP contribution is -1.93. The molecule has 0 radical (unpaired) electrons. The standard InChI is InChI=1S/C50H32O/c1-3-14-33(15-4-1)35-26-28-36(29-27-35)38-18-7-8-19-39(38)48-40-20-9-11-22-42(40)49(43-23-12-10-21-41(43)48)45-24-13-25-46-50(45)44-31-30-37(32-47(44)51-46)34-16-5-2-6-17-34/h1-32H/i2D,5D,6D,13D,16D,17D,24D,25D,26D,27D,28D,29D,30D,31D,32D. The summed E-state index contributed by atoms with van der Waals surface area (Å²) < 4.78 is 140. The van der Waals surface area contributed by atoms with Gasteiger partial charge in [0.15, 0.2) is 0 Å². The van der Waals surface area contributed by atoms with Gasteiger partial charge in [0.05, 0.1) is 20.6 Å². The van der Waals surface area contributed by atoms with Gasteiger partial charge in [-0.05, 0) is 95.3 Å². The van der Waals surface area contributed by atoms with Crippen LogP contribution in [0.1, 0.15) is 20.6 Å². The van der Waals surface area contributed by atoms with E-state index >= 15 is 0 Å². The molecular weight excluding hydrogens is 617 g/mol. The molecule has 238 valence electrons. The van der Waals surface area contributed by atoms with Crippen LogP contribution < -0.4 is 0 Å². The Morgan fingerprint density at radius 3 is 1.57 bits per heavy atom. The molecule has 51 heavy (non-hydrogen) atoms. The van der Waals surface area contributed by atoms with E-state index in [1.165, 1.54) is 0 Å². The molecule has 0 N–H and O–H groups in total. The van der Waals surface area contributed by atoms with Gasteiger partial charge < -0.3 is 4.42 Å². The third kappa shape index (κ3) is 4.86. The summed E-state index contributed by atoms with van der Waals surface area (Å²) in [5.74, 6) is 0. The first-order chi connectivity index (χ1) is 31.6. The lowest BCUT2D eigenvalue weighted by molar-refractivity contribution is 0.669. The summed E-state index contributed by atoms with van der Waals surface area (Å²) in [7, 11) is 0. The monoisotopic (exact) mass is 663 g/mol. The van der Waals surface area contributed by atoms with Crippen molar-refractivity contribution < 1.29 is 25.0 Å². The van der Waals surface area contributed by atoms with E-state index in [4.69, 9.17) is 16.8 Å². The number of hydrogen-bond donors (Lipinski definition) is 0. The molecule has 0 aliphatic carbocycles. The topological polar surface area (TPSA) is 13.1 Å². The molecule has 9 aromatic carbocycles. The van der Waals surface area contributed by atoms with E-state index in [1.807, 2.05) is 54.6 Å². The van der Waals surface area contributed by atoms with E-state index in [9.17, 15) is 8.22 Å². The number of hydrogen-bond acceptors (Lipinski definition) is 1. The predicted octanol–water partition coefficient (Wildman–Crippen LogP) is 14.2. The summed E-state index contributed by atoms with van der Waals surface area (Å²) in [6, 6.07) is 23.2. The van der Waals surface area contributed by atoms with E-state index in [0.29, 0.717) is 49.4 Å². The maximum atomic E-state index is 9.54. The normalized spacial score (nSPS) is 15.6. The van der Waals surface area contributed by atoms with Crippen molar-refractivity contribution in [1.29, 1.82) is 0 Å². The fourth-order valence-corrected chi connectivity index (χ4v) is 6.94. The summed E-state index contributed by atoms with van der Waals surface area (Å²) >= 11 is 0. The van der Waals surface area contributed by atoms with Crippen LogP contribution in [0.5, 0.6) is 0 Å². The first-order valence-electron chi connectivity index (χ1n) is 23.8. The summed E-state index contributed by atoms with van der Waals surface area (Å²) in [6.45, 7) is 0. The van der Waals surface area contributed by atoms with Crippen LogP contribution in [0.4, 0.5) is 0 Å². The highest BCUT2D eigenvalue weighted by atomic mass is 16.3. The van der Waals surface area contributed by atoms with E-state index < -0.39 is 77.6 Å². The number of benzene rings is 9. The number of fused-ring (bicyclic) bond motifs is 5. The highest BCUT2D eigenvalue weighted by Gasteiger charge is 2.21. The fraction of sp³-hybridized carbons (Fsp3) is 0. The van der Waals surface area contributed by atoms with Gasteiger partial charge in [0, 0.05) is 10.8 Å². The van der Waals surface area contributed by atoms with Crippen molar-refractivity contribution in [3.8, 4) is 55.6 Å². The van der Waals surface area contributed by atoms with Gasteiger partial charge in [-0.25, -0.2) is 0 Å². The van der Waals surface area contributed by atoms with Gasteiger partial charge in [-0.1, -0.05) is 176 Å². The molecule has 0 spiro atoms. The zero-order valence-electron chi connectivity index (χ0n) is 41.7. The smallest absolute Gasteiger partial charge is 0.136 e. The van der Waals surface area contributed by atoms with Crippen molar-refractivity contribution >= 4 is 43.5 Å². The molecule has 0 aliphatic rings. The molecule has 1 heterocycles. The number of furan rings is 1. The second-order valence-corrected chi connectivity index (χ2v) is 12.0. The molecule has 0 aliphatic heterocycles. The minimum absolute atomic E-state index is 0.0150. The predicted molar refractivity (Wildman–Crippen MR) is 216 cm³/mol. The van der Waals surface area contributed by atoms with Gasteiger partial charge in [0.2, 0.25) is 0 Å². The first-order valence-corrected chi connectivity index (χ1v) is 16.3. The fourth-order valence-electron chi connectivity index (χ4n) is 6.94. The van der Waals surface area contributed by atoms with Crippen LogP contribution in [0.15, 0.2) is 198 Å². The van der Waals surface area contributed by atoms with Crippen molar-refractivity contribution in [1.82, 2.24) is 0 Å². The summed E-state index contributed by atoms with van der Waals surface area (Å²) in [5, 5.41) is 2.27. The van der Waals surface area contributed by atoms with Gasteiger partial charge in [-0.2, -0.15) is 0 Å². The molecule has 0 bridgehead atoms. The summed E-state index contributed by atoms with van der Waals surface area (Å²) in [6.07, 6.45) is 0. The Morgan fingerprint density at radius 1 is 0.333 bits per heavy atom. The zero-order valence-corrected chi connectivity index (χ0v) is 26.7. The second kappa shape index (κ2) is 12.0. The average molecular weight is 664 g/mol. The van der Waals surface area contributed by atoms with Crippen molar-refractivity contribution in [2.45, 2.75) is 0 Å². The van der Waals surface area contributed by atoms with Gasteiger partial charge in [0.1, 0.15) is 11.2 Å². The third-order valence-corrected chi connectivity index (χ3v) is 9.16. The van der Waals surface area contributed by atoms with E-state index in [-0.39, 0.29) is 62.8 Å². The zero-order chi connectivity index (χ0) is 46.8. The minimum atomic E-state index is -0.692. The van der Waals surface area contributed by atoms with Gasteiger partial charge >= 0.3 is 0 Å². The molecule has 1 nitrogen and oxygen atoms in total. The molecule has 0 saturated heterocycles. The van der Waals surface area contributed by atoms with Crippen molar-refractivity contribution in [3.05, 3.63) is 194 Å². The molecule has 0 fully saturated rings. The molecule has 1 aromatic heterocycles. The van der Waals surface area contributed by atoms with Crippen molar-refractivity contribution in [2.75, 3.05) is 0 Å².